The van der Waals surface area contributed by atoms with E-state index < -0.39 is 34.8 Å². The first kappa shape index (κ1) is 28.2. The number of rotatable bonds is 5. The summed E-state index contributed by atoms with van der Waals surface area (Å²) in [5, 5.41) is 9.49. The summed E-state index contributed by atoms with van der Waals surface area (Å²) >= 11 is 6.53. The van der Waals surface area contributed by atoms with Crippen molar-refractivity contribution in [2.45, 2.75) is 44.8 Å². The third kappa shape index (κ3) is 4.65. The Hall–Kier alpha value is -3.83. The number of halogens is 3. The summed E-state index contributed by atoms with van der Waals surface area (Å²) in [5.74, 6) is -2.26. The molecular weight excluding hydrogens is 526 g/mol. The van der Waals surface area contributed by atoms with Gasteiger partial charge in [0.2, 0.25) is 0 Å². The van der Waals surface area contributed by atoms with Gasteiger partial charge in [-0.3, -0.25) is 4.90 Å². The van der Waals surface area contributed by atoms with Gasteiger partial charge in [-0.1, -0.05) is 48.9 Å². The molecule has 1 heterocycles. The number of carbonyl (C=O) groups excluding carboxylic acids is 1. The number of carbonyl (C=O) groups is 1. The van der Waals surface area contributed by atoms with Crippen molar-refractivity contribution in [2.24, 2.45) is 0 Å². The zero-order valence-corrected chi connectivity index (χ0v) is 23.3. The summed E-state index contributed by atoms with van der Waals surface area (Å²) in [6.07, 6.45) is -0.570. The Morgan fingerprint density at radius 2 is 1.82 bits per heavy atom. The Bertz CT molecular complexity index is 1470. The maximum atomic E-state index is 15.8. The number of hydrogen-bond acceptors (Lipinski definition) is 5. The zero-order valence-electron chi connectivity index (χ0n) is 22.6. The van der Waals surface area contributed by atoms with Crippen LogP contribution in [0.3, 0.4) is 0 Å². The van der Waals surface area contributed by atoms with E-state index in [1.807, 2.05) is 64.1 Å². The van der Waals surface area contributed by atoms with Gasteiger partial charge in [0.1, 0.15) is 11.6 Å². The van der Waals surface area contributed by atoms with Crippen LogP contribution in [0.2, 0.25) is 5.02 Å². The van der Waals surface area contributed by atoms with Gasteiger partial charge in [-0.05, 0) is 38.5 Å². The van der Waals surface area contributed by atoms with E-state index in [1.54, 1.807) is 0 Å². The molecule has 0 fully saturated rings. The zero-order chi connectivity index (χ0) is 28.7. The molecule has 0 spiro atoms. The van der Waals surface area contributed by atoms with Gasteiger partial charge in [0.05, 0.1) is 37.4 Å². The second kappa shape index (κ2) is 10.4. The second-order valence-corrected chi connectivity index (χ2v) is 10.8. The molecule has 1 aliphatic rings. The van der Waals surface area contributed by atoms with E-state index in [4.69, 9.17) is 25.8 Å². The van der Waals surface area contributed by atoms with Gasteiger partial charge in [0.15, 0.2) is 17.2 Å². The lowest BCUT2D eigenvalue weighted by atomic mass is 9.76. The number of hydrogen-bond donors (Lipinski definition) is 0. The van der Waals surface area contributed by atoms with E-state index in [0.717, 1.165) is 6.07 Å². The Morgan fingerprint density at radius 1 is 1.15 bits per heavy atom. The van der Waals surface area contributed by atoms with Gasteiger partial charge in [0.25, 0.3) is 0 Å². The van der Waals surface area contributed by atoms with Crippen molar-refractivity contribution in [1.29, 1.82) is 5.26 Å². The fraction of sp³-hybridized carbons (Fsp3) is 0.333. The van der Waals surface area contributed by atoms with Crippen LogP contribution < -0.4 is 9.47 Å². The molecular formula is C30H29ClF2N2O4. The number of ether oxygens (including phenoxy) is 3. The number of nitriles is 1. The van der Waals surface area contributed by atoms with E-state index in [9.17, 15) is 10.1 Å². The highest BCUT2D eigenvalue weighted by atomic mass is 35.5. The molecule has 0 aliphatic carbocycles. The summed E-state index contributed by atoms with van der Waals surface area (Å²) in [6, 6.07) is 15.1. The maximum absolute atomic E-state index is 15.8. The molecule has 0 N–H and O–H groups in total. The Balaban J connectivity index is 2.04. The minimum Gasteiger partial charge on any atom is -0.494 e. The smallest absolute Gasteiger partial charge is 0.410 e. The molecule has 3 aromatic carbocycles. The highest BCUT2D eigenvalue weighted by Crippen LogP contribution is 2.57. The summed E-state index contributed by atoms with van der Waals surface area (Å²) in [7, 11) is 2.60. The molecule has 39 heavy (non-hydrogen) atoms. The number of nitrogens with zero attached hydrogens (tertiary/aromatic N) is 2. The van der Waals surface area contributed by atoms with Crippen LogP contribution in [0, 0.1) is 23.0 Å². The Kier molecular flexibility index (Phi) is 7.50. The van der Waals surface area contributed by atoms with Crippen molar-refractivity contribution in [2.75, 3.05) is 20.8 Å². The minimum absolute atomic E-state index is 0.00491. The highest BCUT2D eigenvalue weighted by molar-refractivity contribution is 6.34. The highest BCUT2D eigenvalue weighted by Gasteiger charge is 2.52. The molecule has 2 atom stereocenters. The van der Waals surface area contributed by atoms with E-state index in [-0.39, 0.29) is 39.8 Å². The number of methoxy groups -OCH3 is 2. The van der Waals surface area contributed by atoms with Gasteiger partial charge >= 0.3 is 6.09 Å². The van der Waals surface area contributed by atoms with E-state index in [2.05, 4.69) is 0 Å². The first-order chi connectivity index (χ1) is 18.4. The van der Waals surface area contributed by atoms with Crippen molar-refractivity contribution in [3.8, 4) is 28.7 Å². The largest absolute Gasteiger partial charge is 0.494 e. The van der Waals surface area contributed by atoms with Crippen molar-refractivity contribution in [3.05, 3.63) is 81.9 Å². The summed E-state index contributed by atoms with van der Waals surface area (Å²) < 4.78 is 48.0. The van der Waals surface area contributed by atoms with Crippen LogP contribution in [0.5, 0.6) is 11.5 Å². The van der Waals surface area contributed by atoms with Crippen LogP contribution in [-0.4, -0.2) is 37.3 Å². The van der Waals surface area contributed by atoms with Crippen LogP contribution in [0.15, 0.2) is 48.5 Å². The van der Waals surface area contributed by atoms with Crippen LogP contribution in [0.1, 0.15) is 50.3 Å². The Labute approximate surface area is 231 Å². The predicted molar refractivity (Wildman–Crippen MR) is 144 cm³/mol. The molecule has 1 aliphatic heterocycles. The first-order valence-electron chi connectivity index (χ1n) is 12.3. The number of amides is 1. The van der Waals surface area contributed by atoms with Crippen molar-refractivity contribution < 1.29 is 27.8 Å². The van der Waals surface area contributed by atoms with Gasteiger partial charge in [-0.25, -0.2) is 13.6 Å². The first-order valence-corrected chi connectivity index (χ1v) is 12.7. The lowest BCUT2D eigenvalue weighted by Gasteiger charge is -2.43. The number of benzene rings is 3. The molecule has 4 rings (SSSR count). The SMILES string of the molecule is COC(=O)N(CC1(c2ccccc2)Oc2cc(F)c(Cl)c(-c3c(C#N)ccc(OC)c3F)c2C1C)C(C)(C)C. The molecule has 6 nitrogen and oxygen atoms in total. The van der Waals surface area contributed by atoms with Crippen LogP contribution in [-0.2, 0) is 10.3 Å². The molecule has 0 bridgehead atoms. The van der Waals surface area contributed by atoms with Crippen LogP contribution in [0.4, 0.5) is 13.6 Å². The Morgan fingerprint density at radius 3 is 2.38 bits per heavy atom. The topological polar surface area (TPSA) is 71.8 Å². The molecule has 9 heteroatoms. The third-order valence-electron chi connectivity index (χ3n) is 7.20. The molecule has 0 saturated heterocycles. The predicted octanol–water partition coefficient (Wildman–Crippen LogP) is 7.42. The van der Waals surface area contributed by atoms with Crippen LogP contribution >= 0.6 is 11.6 Å². The summed E-state index contributed by atoms with van der Waals surface area (Å²) in [4.78, 5) is 14.5. The molecule has 1 amide bonds. The number of fused-ring (bicyclic) bond motifs is 1. The van der Waals surface area contributed by atoms with E-state index in [0.29, 0.717) is 11.1 Å². The maximum Gasteiger partial charge on any atom is 0.410 e. The fourth-order valence-corrected chi connectivity index (χ4v) is 5.41. The molecule has 2 unspecified atom stereocenters. The molecule has 0 saturated carbocycles. The molecule has 0 aromatic heterocycles. The van der Waals surface area contributed by atoms with Crippen molar-refractivity contribution >= 4 is 17.7 Å². The molecule has 0 radical (unpaired) electrons. The van der Waals surface area contributed by atoms with Crippen LogP contribution in [0.25, 0.3) is 11.1 Å². The fourth-order valence-electron chi connectivity index (χ4n) is 5.16. The quantitative estimate of drug-likeness (QED) is 0.328. The average molecular weight is 555 g/mol. The van der Waals surface area contributed by atoms with Gasteiger partial charge < -0.3 is 14.2 Å². The summed E-state index contributed by atoms with van der Waals surface area (Å²) in [5.41, 5.74) is -1.01. The lowest BCUT2D eigenvalue weighted by molar-refractivity contribution is -0.00315. The summed E-state index contributed by atoms with van der Waals surface area (Å²) in [6.45, 7) is 7.46. The normalized spacial score (nSPS) is 18.1. The van der Waals surface area contributed by atoms with Gasteiger partial charge in [0, 0.05) is 34.2 Å². The second-order valence-electron chi connectivity index (χ2n) is 10.4. The average Bonchev–Trinajstić information content (AvgIpc) is 3.19. The van der Waals surface area contributed by atoms with Gasteiger partial charge in [-0.15, -0.1) is 0 Å². The third-order valence-corrected chi connectivity index (χ3v) is 7.57. The van der Waals surface area contributed by atoms with E-state index >= 15 is 8.78 Å². The molecule has 3 aromatic rings. The standard InChI is InChI=1S/C30H29ClF2N2O4/c1-17-23-22(14-20(32)26(31)25(23)24-18(15-34)12-13-21(37-5)27(24)33)39-30(17,19-10-8-7-9-11-19)16-35(28(36)38-6)29(2,3)4/h7-14,17H,16H2,1-6H3. The van der Waals surface area contributed by atoms with E-state index in [1.165, 1.54) is 31.3 Å². The minimum atomic E-state index is -1.24. The van der Waals surface area contributed by atoms with Crippen molar-refractivity contribution in [1.82, 2.24) is 4.90 Å². The van der Waals surface area contributed by atoms with Gasteiger partial charge in [-0.2, -0.15) is 5.26 Å². The van der Waals surface area contributed by atoms with Crippen molar-refractivity contribution in [3.63, 3.8) is 0 Å². The lowest BCUT2D eigenvalue weighted by Crippen LogP contribution is -2.54. The monoisotopic (exact) mass is 554 g/mol. The molecule has 204 valence electrons.